The normalized spacial score (nSPS) is 11.0. The van der Waals surface area contributed by atoms with Gasteiger partial charge < -0.3 is 0 Å². The molecule has 10 heteroatoms. The molecule has 0 bridgehead atoms. The fraction of sp³-hybridized carbons (Fsp3) is 0.556. The maximum atomic E-state index is 11.0. The van der Waals surface area contributed by atoms with Crippen LogP contribution < -0.4 is 11.1 Å². The number of nitrogens with two attached hydrogens (primary N) is 1. The van der Waals surface area contributed by atoms with Crippen molar-refractivity contribution in [3.05, 3.63) is 0 Å². The van der Waals surface area contributed by atoms with E-state index in [0.717, 1.165) is 4.90 Å². The molecule has 0 unspecified atom stereocenters. The number of carbonyl (C=O) groups is 2. The molecule has 2 amide bonds. The molecule has 0 fully saturated rings. The molecule has 4 N–H and O–H groups in total. The van der Waals surface area contributed by atoms with Crippen molar-refractivity contribution in [2.75, 3.05) is 6.54 Å². The first kappa shape index (κ1) is 17.7. The van der Waals surface area contributed by atoms with Crippen molar-refractivity contribution in [1.82, 2.24) is 10.2 Å². The number of carbonyl (C=O) groups excluding carboxylic acids is 1. The van der Waals surface area contributed by atoms with Gasteiger partial charge in [0.15, 0.2) is 0 Å². The molecule has 0 aliphatic heterocycles. The zero-order chi connectivity index (χ0) is 14.7. The van der Waals surface area contributed by atoms with Gasteiger partial charge in [0.2, 0.25) is 0 Å². The van der Waals surface area contributed by atoms with Crippen LogP contribution in [-0.2, 0) is 13.9 Å². The Balaban J connectivity index is 4.46. The summed E-state index contributed by atoms with van der Waals surface area (Å²) >= 11 is 0. The number of rotatable bonds is 7. The Labute approximate surface area is 112 Å². The van der Waals surface area contributed by atoms with E-state index in [1.165, 1.54) is 0 Å². The van der Waals surface area contributed by atoms with E-state index in [1.54, 1.807) is 0 Å². The Morgan fingerprint density at radius 1 is 1.26 bits per heavy atom. The van der Waals surface area contributed by atoms with Gasteiger partial charge in [-0.05, 0) is 0 Å². The second-order valence-corrected chi connectivity index (χ2v) is 4.16. The summed E-state index contributed by atoms with van der Waals surface area (Å²) in [6.07, 6.45) is 1.20. The average molecular weight is 305 g/mol. The molecule has 0 aliphatic rings. The zero-order valence-electron chi connectivity index (χ0n) is 9.90. The Morgan fingerprint density at radius 3 is 2.26 bits per heavy atom. The topological polar surface area (TPSA) is 130 Å². The maximum absolute atomic E-state index is 11.0. The van der Waals surface area contributed by atoms with Crippen LogP contribution in [0.25, 0.3) is 0 Å². The van der Waals surface area contributed by atoms with E-state index in [-0.39, 0.29) is 6.42 Å². The van der Waals surface area contributed by atoms with Crippen LogP contribution in [0.4, 0.5) is 4.79 Å². The Kier molecular flexibility index (Phi) is 9.91. The predicted molar refractivity (Wildman–Crippen MR) is 67.7 cm³/mol. The van der Waals surface area contributed by atoms with Crippen molar-refractivity contribution in [3.8, 4) is 11.5 Å². The fourth-order valence-electron chi connectivity index (χ4n) is 1.29. The fourth-order valence-corrected chi connectivity index (χ4v) is 1.92. The number of hydrogen-bond acceptors (Lipinski definition) is 5. The van der Waals surface area contributed by atoms with Gasteiger partial charge in [-0.3, -0.25) is 0 Å². The van der Waals surface area contributed by atoms with Crippen molar-refractivity contribution in [1.29, 1.82) is 0 Å². The van der Waals surface area contributed by atoms with Crippen molar-refractivity contribution >= 4 is 27.8 Å². The van der Waals surface area contributed by atoms with Crippen LogP contribution in [0.3, 0.4) is 0 Å². The summed E-state index contributed by atoms with van der Waals surface area (Å²) < 4.78 is 20.8. The standard InChI is InChI=1S/C9H13N3O5P2/c10-9(15)11-4-2-1-3-7(8(13)14)12(5-18-16)6-19-17/h7H,1-4H2,(H,13,14)(H3,10,11,15)/t7-/m0/s1. The van der Waals surface area contributed by atoms with Crippen molar-refractivity contribution in [2.45, 2.75) is 25.3 Å². The quantitative estimate of drug-likeness (QED) is 0.365. The van der Waals surface area contributed by atoms with E-state index < -0.39 is 33.9 Å². The molecule has 0 radical (unpaired) electrons. The number of carboxylic acid groups (broad SMARTS) is 1. The monoisotopic (exact) mass is 305 g/mol. The van der Waals surface area contributed by atoms with Crippen LogP contribution >= 0.6 is 15.8 Å². The first-order chi connectivity index (χ1) is 9.02. The summed E-state index contributed by atoms with van der Waals surface area (Å²) in [6, 6.07) is -1.70. The van der Waals surface area contributed by atoms with E-state index in [4.69, 9.17) is 10.8 Å². The van der Waals surface area contributed by atoms with Gasteiger partial charge in [0.25, 0.3) is 0 Å². The minimum atomic E-state index is -1.17. The first-order valence-electron chi connectivity index (χ1n) is 5.24. The van der Waals surface area contributed by atoms with E-state index in [0.29, 0.717) is 19.4 Å². The van der Waals surface area contributed by atoms with Crippen LogP contribution in [-0.4, -0.2) is 34.6 Å². The number of hydrogen-bond donors (Lipinski definition) is 3. The summed E-state index contributed by atoms with van der Waals surface area (Å²) in [7, 11) is -1.06. The van der Waals surface area contributed by atoms with Crippen LogP contribution in [0.2, 0.25) is 0 Å². The second kappa shape index (κ2) is 10.6. The predicted octanol–water partition coefficient (Wildman–Crippen LogP) is 0.997. The van der Waals surface area contributed by atoms with Gasteiger partial charge in [-0.25, -0.2) is 0 Å². The molecule has 0 heterocycles. The Bertz CT molecular complexity index is 498. The number of amides is 2. The van der Waals surface area contributed by atoms with E-state index >= 15 is 0 Å². The third-order valence-electron chi connectivity index (χ3n) is 2.10. The number of nitrogens with zero attached hydrogens (tertiary/aromatic N) is 1. The molecule has 0 saturated carbocycles. The first-order valence-corrected chi connectivity index (χ1v) is 6.86. The molecule has 0 saturated heterocycles. The summed E-state index contributed by atoms with van der Waals surface area (Å²) in [5.74, 6) is 3.20. The molecular weight excluding hydrogens is 292 g/mol. The van der Waals surface area contributed by atoms with Crippen LogP contribution in [0.15, 0.2) is 0 Å². The van der Waals surface area contributed by atoms with Gasteiger partial charge in [0.05, 0.1) is 0 Å². The summed E-state index contributed by atoms with van der Waals surface area (Å²) in [4.78, 5) is 22.3. The molecule has 0 aromatic rings. The SMILES string of the molecule is NC(=O)NCCCC[C@@H](C(=O)O)N(C#P=O)C#P=O. The Morgan fingerprint density at radius 2 is 1.84 bits per heavy atom. The molecule has 19 heavy (non-hydrogen) atoms. The van der Waals surface area contributed by atoms with Crippen LogP contribution in [0, 0.1) is 11.5 Å². The molecule has 1 atom stereocenters. The van der Waals surface area contributed by atoms with Crippen molar-refractivity contribution < 1.29 is 23.8 Å². The molecular formula is C9H13N3O5P2. The second-order valence-electron chi connectivity index (χ2n) is 3.39. The molecule has 0 aliphatic carbocycles. The van der Waals surface area contributed by atoms with Gasteiger partial charge in [-0.2, -0.15) is 0 Å². The van der Waals surface area contributed by atoms with Crippen LogP contribution in [0.5, 0.6) is 0 Å². The molecule has 0 spiro atoms. The van der Waals surface area contributed by atoms with Gasteiger partial charge in [-0.1, -0.05) is 0 Å². The third kappa shape index (κ3) is 8.44. The van der Waals surface area contributed by atoms with Crippen molar-refractivity contribution in [2.24, 2.45) is 5.73 Å². The number of urea groups is 1. The number of carboxylic acids is 1. The summed E-state index contributed by atoms with van der Waals surface area (Å²) in [5.41, 5.74) is 4.87. The number of primary amides is 1. The summed E-state index contributed by atoms with van der Waals surface area (Å²) in [6.45, 7) is 0.335. The zero-order valence-corrected chi connectivity index (χ0v) is 11.7. The Hall–Kier alpha value is -1.28. The van der Waals surface area contributed by atoms with Gasteiger partial charge in [0.1, 0.15) is 0 Å². The molecule has 0 aromatic carbocycles. The van der Waals surface area contributed by atoms with Crippen molar-refractivity contribution in [3.63, 3.8) is 0 Å². The third-order valence-corrected chi connectivity index (χ3v) is 2.69. The van der Waals surface area contributed by atoms with Crippen LogP contribution in [0.1, 0.15) is 19.3 Å². The molecule has 0 aromatic heterocycles. The van der Waals surface area contributed by atoms with E-state index in [1.807, 2.05) is 0 Å². The average Bonchev–Trinajstić information content (AvgIpc) is 2.32. The van der Waals surface area contributed by atoms with Gasteiger partial charge in [0, 0.05) is 0 Å². The minimum absolute atomic E-state index is 0.195. The van der Waals surface area contributed by atoms with Gasteiger partial charge in [-0.15, -0.1) is 0 Å². The van der Waals surface area contributed by atoms with E-state index in [2.05, 4.69) is 16.8 Å². The summed E-state index contributed by atoms with van der Waals surface area (Å²) in [5, 5.41) is 11.4. The molecule has 104 valence electrons. The van der Waals surface area contributed by atoms with E-state index in [9.17, 15) is 18.7 Å². The van der Waals surface area contributed by atoms with Gasteiger partial charge >= 0.3 is 111 Å². The number of unbranched alkanes of at least 4 members (excludes halogenated alkanes) is 1. The number of aliphatic carboxylic acids is 1. The number of nitrogens with one attached hydrogen (secondary N) is 1. The molecule has 8 nitrogen and oxygen atoms in total. The molecule has 0 rings (SSSR count).